The minimum absolute atomic E-state index is 0.00425. The number of aromatic carboxylic acids is 1. The van der Waals surface area contributed by atoms with E-state index in [2.05, 4.69) is 46.1 Å². The maximum Gasteiger partial charge on any atom is 0.573 e. The topological polar surface area (TPSA) is 162 Å². The summed E-state index contributed by atoms with van der Waals surface area (Å²) >= 11 is 18.5. The summed E-state index contributed by atoms with van der Waals surface area (Å²) in [6.45, 7) is 18.5. The van der Waals surface area contributed by atoms with E-state index in [9.17, 15) is 50.6 Å². The highest BCUT2D eigenvalue weighted by Crippen LogP contribution is 2.40. The molecule has 4 aromatic carbocycles. The van der Waals surface area contributed by atoms with Crippen LogP contribution in [0.25, 0.3) is 0 Å². The van der Waals surface area contributed by atoms with Crippen molar-refractivity contribution in [3.63, 3.8) is 0 Å². The third kappa shape index (κ3) is 21.2. The zero-order chi connectivity index (χ0) is 51.6. The number of rotatable bonds is 8. The van der Waals surface area contributed by atoms with Crippen molar-refractivity contribution in [1.82, 2.24) is 0 Å². The largest absolute Gasteiger partial charge is 0.573 e. The molecule has 0 saturated carbocycles. The van der Waals surface area contributed by atoms with E-state index in [0.717, 1.165) is 30.3 Å². The molecule has 0 saturated heterocycles. The molecule has 0 heterocycles. The Labute approximate surface area is 408 Å². The molecule has 4 rings (SSSR count). The lowest BCUT2D eigenvalue weighted by Gasteiger charge is -2.22. The van der Waals surface area contributed by atoms with Crippen LogP contribution in [0.1, 0.15) is 94.2 Å². The summed E-state index contributed by atoms with van der Waals surface area (Å²) in [4.78, 5) is 46.1. The van der Waals surface area contributed by atoms with E-state index >= 15 is 0 Å². The fraction of sp³-hybridized carbons (Fsp3) is 0.364. The van der Waals surface area contributed by atoms with Crippen molar-refractivity contribution in [2.45, 2.75) is 106 Å². The normalized spacial score (nSPS) is 11.7. The molecule has 1 N–H and O–H groups in total. The van der Waals surface area contributed by atoms with Crippen LogP contribution in [-0.4, -0.2) is 58.9 Å². The second kappa shape index (κ2) is 23.3. The summed E-state index contributed by atoms with van der Waals surface area (Å²) in [6, 6.07) is 12.6. The van der Waals surface area contributed by atoms with E-state index in [1.54, 1.807) is 88.3 Å². The van der Waals surface area contributed by atoms with Crippen LogP contribution in [0.2, 0.25) is 10.0 Å². The Kier molecular flexibility index (Phi) is 20.1. The number of hydrogen-bond acceptors (Lipinski definition) is 12. The summed E-state index contributed by atoms with van der Waals surface area (Å²) in [5.74, 6) is -2.59. The molecule has 0 atom stereocenters. The van der Waals surface area contributed by atoms with Gasteiger partial charge in [0.15, 0.2) is 0 Å². The van der Waals surface area contributed by atoms with Gasteiger partial charge >= 0.3 is 37.0 Å². The third-order valence-corrected chi connectivity index (χ3v) is 9.51. The Morgan fingerprint density at radius 2 is 0.851 bits per heavy atom. The molecule has 368 valence electrons. The smallest absolute Gasteiger partial charge is 0.478 e. The minimum atomic E-state index is -4.84. The third-order valence-electron chi connectivity index (χ3n) is 7.20. The van der Waals surface area contributed by atoms with Gasteiger partial charge in [-0.1, -0.05) is 55.1 Å². The molecule has 0 fully saturated rings. The van der Waals surface area contributed by atoms with Gasteiger partial charge < -0.3 is 43.0 Å². The van der Waals surface area contributed by atoms with Gasteiger partial charge in [-0.15, -0.1) is 26.3 Å². The van der Waals surface area contributed by atoms with Gasteiger partial charge in [-0.2, -0.15) is 0 Å². The highest BCUT2D eigenvalue weighted by atomic mass is 79.9. The molecule has 0 unspecified atom stereocenters. The molecule has 67 heavy (non-hydrogen) atoms. The van der Waals surface area contributed by atoms with Gasteiger partial charge in [0.2, 0.25) is 0 Å². The standard InChI is InChI=1S/C19H17BrClF3O4.C15H9BrClF3O4.C10H18O5/c1-10-12(20)6-8-15(16(10)17(25)28-18(2,3)4)26-14-7-5-11(9-13(14)21)27-19(22,23)24;1-7-9(16)3-5-12(13(7)14(21)22)23-11-4-2-8(6-10(11)17)24-15(18,19)20;1-9(2,3)14-7(11)13-8(12)15-10(4,5)6/h5-9H,1-4H3;2-6H,1H3,(H,21,22);1-6H3. The first-order chi connectivity index (χ1) is 30.3. The predicted octanol–water partition coefficient (Wildman–Crippen LogP) is 15.7. The molecular formula is C44H44Br2Cl2F6O13. The lowest BCUT2D eigenvalue weighted by Crippen LogP contribution is -2.29. The van der Waals surface area contributed by atoms with Crippen LogP contribution in [-0.2, 0) is 18.9 Å². The van der Waals surface area contributed by atoms with Crippen molar-refractivity contribution in [3.05, 3.63) is 102 Å². The number of carboxylic acid groups (broad SMARTS) is 1. The van der Waals surface area contributed by atoms with Gasteiger partial charge in [-0.05, 0) is 136 Å². The number of esters is 1. The van der Waals surface area contributed by atoms with Crippen molar-refractivity contribution in [3.8, 4) is 34.5 Å². The number of halogens is 10. The van der Waals surface area contributed by atoms with Gasteiger partial charge in [0.25, 0.3) is 0 Å². The lowest BCUT2D eigenvalue weighted by molar-refractivity contribution is -0.275. The van der Waals surface area contributed by atoms with Crippen molar-refractivity contribution in [2.24, 2.45) is 0 Å². The van der Waals surface area contributed by atoms with Gasteiger partial charge in [-0.25, -0.2) is 19.2 Å². The van der Waals surface area contributed by atoms with E-state index in [1.807, 2.05) is 0 Å². The first-order valence-corrected chi connectivity index (χ1v) is 21.3. The van der Waals surface area contributed by atoms with Gasteiger partial charge in [0.1, 0.15) is 62.4 Å². The Morgan fingerprint density at radius 1 is 0.522 bits per heavy atom. The Hall–Kier alpha value is -5.12. The molecule has 0 aliphatic heterocycles. The summed E-state index contributed by atoms with van der Waals surface area (Å²) in [5, 5.41) is 9.04. The maximum absolute atomic E-state index is 12.6. The zero-order valence-electron chi connectivity index (χ0n) is 37.4. The van der Waals surface area contributed by atoms with Crippen LogP contribution in [0, 0.1) is 13.8 Å². The Morgan fingerprint density at radius 3 is 1.16 bits per heavy atom. The van der Waals surface area contributed by atoms with Gasteiger partial charge in [0, 0.05) is 21.1 Å². The molecular weight excluding hydrogens is 1080 g/mol. The first kappa shape index (κ1) is 58.0. The van der Waals surface area contributed by atoms with E-state index < -0.39 is 65.3 Å². The molecule has 0 aliphatic carbocycles. The predicted molar refractivity (Wildman–Crippen MR) is 240 cm³/mol. The number of benzene rings is 4. The van der Waals surface area contributed by atoms with E-state index in [0.29, 0.717) is 20.1 Å². The number of carboxylic acids is 1. The molecule has 0 amide bonds. The molecule has 0 spiro atoms. The van der Waals surface area contributed by atoms with Crippen molar-refractivity contribution < 1.29 is 88.5 Å². The minimum Gasteiger partial charge on any atom is -0.478 e. The lowest BCUT2D eigenvalue weighted by atomic mass is 10.1. The number of alkyl halides is 6. The van der Waals surface area contributed by atoms with Crippen LogP contribution in [0.5, 0.6) is 34.5 Å². The summed E-state index contributed by atoms with van der Waals surface area (Å²) in [7, 11) is 0. The molecule has 13 nitrogen and oxygen atoms in total. The van der Waals surface area contributed by atoms with Crippen molar-refractivity contribution in [2.75, 3.05) is 0 Å². The van der Waals surface area contributed by atoms with E-state index in [4.69, 9.17) is 46.9 Å². The summed E-state index contributed by atoms with van der Waals surface area (Å²) in [6.07, 6.45) is -11.8. The summed E-state index contributed by atoms with van der Waals surface area (Å²) < 4.78 is 113. The fourth-order valence-electron chi connectivity index (χ4n) is 4.71. The van der Waals surface area contributed by atoms with Crippen LogP contribution < -0.4 is 18.9 Å². The molecule has 0 radical (unpaired) electrons. The molecule has 0 bridgehead atoms. The second-order valence-corrected chi connectivity index (χ2v) is 18.9. The second-order valence-electron chi connectivity index (χ2n) is 16.4. The SMILES string of the molecule is CC(C)(C)OC(=O)OC(=O)OC(C)(C)C.Cc1c(Br)ccc(Oc2ccc(OC(F)(F)F)cc2Cl)c1C(=O)O.Cc1c(Br)ccc(Oc2ccc(OC(F)(F)F)cc2Cl)c1C(=O)OC(C)(C)C. The van der Waals surface area contributed by atoms with Crippen molar-refractivity contribution in [1.29, 1.82) is 0 Å². The molecule has 0 aromatic heterocycles. The Balaban J connectivity index is 0.000000361. The fourth-order valence-corrected chi connectivity index (χ4v) is 5.79. The van der Waals surface area contributed by atoms with Crippen LogP contribution in [0.15, 0.2) is 69.6 Å². The first-order valence-electron chi connectivity index (χ1n) is 19.0. The average Bonchev–Trinajstić information content (AvgIpc) is 3.10. The monoisotopic (exact) mass is 1120 g/mol. The van der Waals surface area contributed by atoms with Gasteiger partial charge in [-0.3, -0.25) is 0 Å². The van der Waals surface area contributed by atoms with E-state index in [-0.39, 0.29) is 44.2 Å². The highest BCUT2D eigenvalue weighted by Gasteiger charge is 2.33. The van der Waals surface area contributed by atoms with Crippen molar-refractivity contribution >= 4 is 79.3 Å². The van der Waals surface area contributed by atoms with Gasteiger partial charge in [0.05, 0.1) is 10.0 Å². The number of ether oxygens (including phenoxy) is 8. The quantitative estimate of drug-likeness (QED) is 0.0768. The number of carbonyl (C=O) groups is 4. The van der Waals surface area contributed by atoms with Crippen LogP contribution >= 0.6 is 55.1 Å². The maximum atomic E-state index is 12.6. The molecule has 23 heteroatoms. The Bertz CT molecular complexity index is 2400. The highest BCUT2D eigenvalue weighted by molar-refractivity contribution is 9.10. The summed E-state index contributed by atoms with van der Waals surface area (Å²) in [5.41, 5.74) is -1.00. The number of hydrogen-bond donors (Lipinski definition) is 1. The molecule has 0 aliphatic rings. The number of carbonyl (C=O) groups excluding carboxylic acids is 3. The average molecular weight is 1130 g/mol. The van der Waals surface area contributed by atoms with Crippen LogP contribution in [0.4, 0.5) is 35.9 Å². The molecule has 4 aromatic rings. The van der Waals surface area contributed by atoms with E-state index in [1.165, 1.54) is 18.2 Å². The zero-order valence-corrected chi connectivity index (χ0v) is 42.1. The van der Waals surface area contributed by atoms with Crippen LogP contribution in [0.3, 0.4) is 0 Å².